The van der Waals surface area contributed by atoms with Crippen molar-refractivity contribution in [3.05, 3.63) is 10.6 Å². The quantitative estimate of drug-likeness (QED) is 0.664. The number of aliphatic hydroxyl groups is 1. The fourth-order valence-electron chi connectivity index (χ4n) is 1.33. The number of rotatable bonds is 7. The molecule has 7 heteroatoms. The predicted molar refractivity (Wildman–Crippen MR) is 62.7 cm³/mol. The van der Waals surface area contributed by atoms with E-state index in [2.05, 4.69) is 15.1 Å². The van der Waals surface area contributed by atoms with E-state index in [1.54, 1.807) is 11.7 Å². The van der Waals surface area contributed by atoms with Crippen molar-refractivity contribution < 1.29 is 9.84 Å². The summed E-state index contributed by atoms with van der Waals surface area (Å²) in [5.74, 6) is 0.574. The second-order valence-electron chi connectivity index (χ2n) is 3.55. The van der Waals surface area contributed by atoms with Crippen molar-refractivity contribution in [1.82, 2.24) is 19.7 Å². The highest BCUT2D eigenvalue weighted by atomic mass is 32.1. The maximum absolute atomic E-state index is 9.06. The summed E-state index contributed by atoms with van der Waals surface area (Å²) in [4.78, 5) is 2.14. The van der Waals surface area contributed by atoms with Crippen LogP contribution in [0.5, 0.6) is 0 Å². The number of aliphatic hydroxyl groups excluding tert-OH is 1. The van der Waals surface area contributed by atoms with Gasteiger partial charge in [0.25, 0.3) is 0 Å². The fourth-order valence-corrected chi connectivity index (χ4v) is 1.57. The molecule has 1 aromatic heterocycles. The minimum absolute atomic E-state index is 0.102. The third-order valence-electron chi connectivity index (χ3n) is 2.36. The zero-order valence-corrected chi connectivity index (χ0v) is 10.5. The minimum Gasteiger partial charge on any atom is -0.388 e. The number of nitrogens with zero attached hydrogens (tertiary/aromatic N) is 3. The molecule has 1 aromatic rings. The van der Waals surface area contributed by atoms with Gasteiger partial charge in [-0.2, -0.15) is 5.10 Å². The topological polar surface area (TPSA) is 66.3 Å². The Balaban J connectivity index is 2.47. The number of hydrogen-bond donors (Lipinski definition) is 2. The van der Waals surface area contributed by atoms with Gasteiger partial charge in [-0.3, -0.25) is 5.10 Å². The summed E-state index contributed by atoms with van der Waals surface area (Å²) in [6.45, 7) is 3.03. The van der Waals surface area contributed by atoms with Crippen LogP contribution in [0.4, 0.5) is 0 Å². The van der Waals surface area contributed by atoms with Gasteiger partial charge in [0.05, 0.1) is 6.61 Å². The van der Waals surface area contributed by atoms with E-state index < -0.39 is 0 Å². The van der Waals surface area contributed by atoms with Crippen molar-refractivity contribution >= 4 is 12.2 Å². The summed E-state index contributed by atoms with van der Waals surface area (Å²) in [6, 6.07) is 0. The van der Waals surface area contributed by atoms with E-state index in [1.807, 2.05) is 7.05 Å². The van der Waals surface area contributed by atoms with Gasteiger partial charge in [0.1, 0.15) is 6.61 Å². The molecule has 0 aromatic carbocycles. The van der Waals surface area contributed by atoms with Crippen molar-refractivity contribution in [3.63, 3.8) is 0 Å². The van der Waals surface area contributed by atoms with Crippen LogP contribution < -0.4 is 0 Å². The Morgan fingerprint density at radius 2 is 2.31 bits per heavy atom. The lowest BCUT2D eigenvalue weighted by molar-refractivity contribution is 0.158. The molecular formula is C9H18N4O2S. The molecule has 0 radical (unpaired) electrons. The number of likely N-dealkylation sites (N-methyl/N-ethyl adjacent to an activating group) is 1. The van der Waals surface area contributed by atoms with Gasteiger partial charge in [-0.25, -0.2) is 0 Å². The predicted octanol–water partition coefficient (Wildman–Crippen LogP) is 0.0112. The third kappa shape index (κ3) is 3.67. The van der Waals surface area contributed by atoms with Gasteiger partial charge in [-0.15, -0.1) is 0 Å². The standard InChI is InChI=1S/C9H18N4O2S/c1-12(5-6-15-2)3-4-13-8(7-14)10-11-9(13)16/h14H,3-7H2,1-2H3,(H,11,16). The zero-order chi connectivity index (χ0) is 12.0. The van der Waals surface area contributed by atoms with E-state index in [9.17, 15) is 0 Å². The molecule has 2 N–H and O–H groups in total. The van der Waals surface area contributed by atoms with E-state index in [0.717, 1.165) is 13.1 Å². The first-order chi connectivity index (χ1) is 7.69. The van der Waals surface area contributed by atoms with Gasteiger partial charge in [-0.1, -0.05) is 0 Å². The summed E-state index contributed by atoms with van der Waals surface area (Å²) in [7, 11) is 3.70. The second kappa shape index (κ2) is 6.74. The molecule has 1 rings (SSSR count). The van der Waals surface area contributed by atoms with Crippen molar-refractivity contribution in [2.75, 3.05) is 33.9 Å². The minimum atomic E-state index is -0.102. The smallest absolute Gasteiger partial charge is 0.195 e. The Kier molecular flexibility index (Phi) is 5.61. The highest BCUT2D eigenvalue weighted by molar-refractivity contribution is 7.71. The van der Waals surface area contributed by atoms with Crippen LogP contribution in [-0.2, 0) is 17.9 Å². The molecule has 6 nitrogen and oxygen atoms in total. The summed E-state index contributed by atoms with van der Waals surface area (Å²) < 4.78 is 7.34. The SMILES string of the molecule is COCCN(C)CCn1c(CO)n[nH]c1=S. The van der Waals surface area contributed by atoms with Gasteiger partial charge < -0.3 is 19.3 Å². The molecule has 16 heavy (non-hydrogen) atoms. The highest BCUT2D eigenvalue weighted by Gasteiger charge is 2.05. The first kappa shape index (κ1) is 13.3. The lowest BCUT2D eigenvalue weighted by atomic mass is 10.5. The maximum Gasteiger partial charge on any atom is 0.195 e. The lowest BCUT2D eigenvalue weighted by Crippen LogP contribution is -2.27. The van der Waals surface area contributed by atoms with Crippen LogP contribution in [0.2, 0.25) is 0 Å². The van der Waals surface area contributed by atoms with Crippen molar-refractivity contribution in [2.45, 2.75) is 13.2 Å². The Morgan fingerprint density at radius 3 is 2.94 bits per heavy atom. The van der Waals surface area contributed by atoms with Crippen LogP contribution in [0.25, 0.3) is 0 Å². The average Bonchev–Trinajstić information content (AvgIpc) is 2.64. The molecule has 0 saturated carbocycles. The molecule has 0 bridgehead atoms. The summed E-state index contributed by atoms with van der Waals surface area (Å²) in [6.07, 6.45) is 0. The number of aromatic nitrogens is 3. The van der Waals surface area contributed by atoms with Crippen LogP contribution in [0.15, 0.2) is 0 Å². The van der Waals surface area contributed by atoms with Crippen LogP contribution in [-0.4, -0.2) is 58.6 Å². The molecule has 0 spiro atoms. The molecule has 0 atom stereocenters. The number of hydrogen-bond acceptors (Lipinski definition) is 5. The van der Waals surface area contributed by atoms with Crippen LogP contribution in [0.1, 0.15) is 5.82 Å². The van der Waals surface area contributed by atoms with Crippen LogP contribution >= 0.6 is 12.2 Å². The van der Waals surface area contributed by atoms with Gasteiger partial charge in [-0.05, 0) is 19.3 Å². The van der Waals surface area contributed by atoms with Crippen molar-refractivity contribution in [1.29, 1.82) is 0 Å². The third-order valence-corrected chi connectivity index (χ3v) is 2.67. The van der Waals surface area contributed by atoms with Gasteiger partial charge in [0.15, 0.2) is 10.6 Å². The molecule has 1 heterocycles. The molecule has 0 aliphatic rings. The molecule has 92 valence electrons. The largest absolute Gasteiger partial charge is 0.388 e. The van der Waals surface area contributed by atoms with Crippen molar-refractivity contribution in [2.24, 2.45) is 0 Å². The first-order valence-electron chi connectivity index (χ1n) is 5.11. The number of H-pyrrole nitrogens is 1. The highest BCUT2D eigenvalue weighted by Crippen LogP contribution is 1.98. The Bertz CT molecular complexity index is 363. The van der Waals surface area contributed by atoms with E-state index in [4.69, 9.17) is 22.1 Å². The normalized spacial score (nSPS) is 11.2. The Morgan fingerprint density at radius 1 is 1.56 bits per heavy atom. The van der Waals surface area contributed by atoms with Gasteiger partial charge in [0.2, 0.25) is 0 Å². The molecule has 0 saturated heterocycles. The Hall–Kier alpha value is -0.760. The molecule has 0 amide bonds. The molecule has 0 aliphatic carbocycles. The van der Waals surface area contributed by atoms with Crippen LogP contribution in [0.3, 0.4) is 0 Å². The first-order valence-corrected chi connectivity index (χ1v) is 5.52. The summed E-state index contributed by atoms with van der Waals surface area (Å²) >= 11 is 5.07. The fraction of sp³-hybridized carbons (Fsp3) is 0.778. The maximum atomic E-state index is 9.06. The lowest BCUT2D eigenvalue weighted by Gasteiger charge is -2.16. The number of ether oxygens (including phenoxy) is 1. The van der Waals surface area contributed by atoms with Gasteiger partial charge in [0, 0.05) is 26.7 Å². The van der Waals surface area contributed by atoms with E-state index in [0.29, 0.717) is 23.7 Å². The number of aromatic amines is 1. The average molecular weight is 246 g/mol. The number of methoxy groups -OCH3 is 1. The van der Waals surface area contributed by atoms with E-state index in [1.165, 1.54) is 0 Å². The van der Waals surface area contributed by atoms with E-state index in [-0.39, 0.29) is 6.61 Å². The molecule has 0 aliphatic heterocycles. The van der Waals surface area contributed by atoms with Gasteiger partial charge >= 0.3 is 0 Å². The molecule has 0 fully saturated rings. The monoisotopic (exact) mass is 246 g/mol. The van der Waals surface area contributed by atoms with E-state index >= 15 is 0 Å². The zero-order valence-electron chi connectivity index (χ0n) is 9.64. The summed E-state index contributed by atoms with van der Waals surface area (Å²) in [5, 5.41) is 15.6. The van der Waals surface area contributed by atoms with Crippen LogP contribution in [0, 0.1) is 4.77 Å². The Labute approximate surface area is 99.8 Å². The summed E-state index contributed by atoms with van der Waals surface area (Å²) in [5.41, 5.74) is 0. The molecular weight excluding hydrogens is 228 g/mol. The number of nitrogens with one attached hydrogen (secondary N) is 1. The second-order valence-corrected chi connectivity index (χ2v) is 3.94. The molecule has 0 unspecified atom stereocenters. The van der Waals surface area contributed by atoms with Crippen molar-refractivity contribution in [3.8, 4) is 0 Å².